The van der Waals surface area contributed by atoms with Crippen LogP contribution in [0.1, 0.15) is 40.0 Å². The lowest BCUT2D eigenvalue weighted by Gasteiger charge is -2.30. The third kappa shape index (κ3) is 6.36. The SMILES string of the molecule is CCC(C)N(CCCC(C)(NC)C(=O)O)CCOC. The van der Waals surface area contributed by atoms with Gasteiger partial charge in [0.05, 0.1) is 6.61 Å². The third-order valence-corrected chi connectivity index (χ3v) is 3.94. The molecule has 19 heavy (non-hydrogen) atoms. The Hall–Kier alpha value is -0.650. The van der Waals surface area contributed by atoms with Gasteiger partial charge in [0.15, 0.2) is 0 Å². The van der Waals surface area contributed by atoms with E-state index in [-0.39, 0.29) is 0 Å². The summed E-state index contributed by atoms with van der Waals surface area (Å²) < 4.78 is 5.13. The molecule has 0 aromatic carbocycles. The molecule has 0 saturated carbocycles. The summed E-state index contributed by atoms with van der Waals surface area (Å²) in [6.07, 6.45) is 2.57. The van der Waals surface area contributed by atoms with Crippen LogP contribution in [-0.2, 0) is 9.53 Å². The van der Waals surface area contributed by atoms with E-state index in [9.17, 15) is 9.90 Å². The lowest BCUT2D eigenvalue weighted by molar-refractivity contribution is -0.144. The fourth-order valence-electron chi connectivity index (χ4n) is 1.99. The molecule has 0 aliphatic rings. The Balaban J connectivity index is 4.27. The maximum atomic E-state index is 11.2. The molecule has 2 N–H and O–H groups in total. The van der Waals surface area contributed by atoms with E-state index >= 15 is 0 Å². The lowest BCUT2D eigenvalue weighted by Crippen LogP contribution is -2.48. The summed E-state index contributed by atoms with van der Waals surface area (Å²) in [5.74, 6) is -0.790. The molecule has 0 spiro atoms. The first-order valence-corrected chi connectivity index (χ1v) is 7.06. The molecule has 0 aliphatic carbocycles. The van der Waals surface area contributed by atoms with E-state index in [2.05, 4.69) is 24.1 Å². The standard InChI is InChI=1S/C14H30N2O3/c1-6-12(2)16(10-11-19-5)9-7-8-14(3,15-4)13(17)18/h12,15H,6-11H2,1-5H3,(H,17,18). The molecule has 0 fully saturated rings. The first kappa shape index (κ1) is 18.4. The molecule has 0 rings (SSSR count). The Morgan fingerprint density at radius 1 is 1.47 bits per heavy atom. The second kappa shape index (κ2) is 9.28. The molecule has 0 amide bonds. The first-order chi connectivity index (χ1) is 8.91. The average molecular weight is 274 g/mol. The van der Waals surface area contributed by atoms with Crippen molar-refractivity contribution in [3.05, 3.63) is 0 Å². The highest BCUT2D eigenvalue weighted by Crippen LogP contribution is 2.14. The zero-order valence-electron chi connectivity index (χ0n) is 13.0. The van der Waals surface area contributed by atoms with Crippen LogP contribution in [0.5, 0.6) is 0 Å². The van der Waals surface area contributed by atoms with Crippen LogP contribution < -0.4 is 5.32 Å². The highest BCUT2D eigenvalue weighted by molar-refractivity contribution is 5.78. The fourth-order valence-corrected chi connectivity index (χ4v) is 1.99. The van der Waals surface area contributed by atoms with Crippen molar-refractivity contribution in [2.75, 3.05) is 33.9 Å². The van der Waals surface area contributed by atoms with Gasteiger partial charge in [-0.1, -0.05) is 6.92 Å². The van der Waals surface area contributed by atoms with Gasteiger partial charge in [-0.25, -0.2) is 0 Å². The smallest absolute Gasteiger partial charge is 0.323 e. The molecule has 2 atom stereocenters. The van der Waals surface area contributed by atoms with Crippen molar-refractivity contribution >= 4 is 5.97 Å². The molecule has 0 radical (unpaired) electrons. The number of rotatable bonds is 11. The highest BCUT2D eigenvalue weighted by atomic mass is 16.5. The molecule has 0 bridgehead atoms. The number of carbonyl (C=O) groups is 1. The summed E-state index contributed by atoms with van der Waals surface area (Å²) in [5.41, 5.74) is -0.831. The zero-order chi connectivity index (χ0) is 14.9. The number of carboxylic acids is 1. The summed E-state index contributed by atoms with van der Waals surface area (Å²) >= 11 is 0. The van der Waals surface area contributed by atoms with E-state index in [0.29, 0.717) is 19.1 Å². The van der Waals surface area contributed by atoms with Crippen molar-refractivity contribution in [1.82, 2.24) is 10.2 Å². The number of ether oxygens (including phenoxy) is 1. The van der Waals surface area contributed by atoms with Gasteiger partial charge in [0.25, 0.3) is 0 Å². The quantitative estimate of drug-likeness (QED) is 0.599. The van der Waals surface area contributed by atoms with Gasteiger partial charge in [0, 0.05) is 19.7 Å². The summed E-state index contributed by atoms with van der Waals surface area (Å²) in [7, 11) is 3.41. The predicted molar refractivity (Wildman–Crippen MR) is 77.5 cm³/mol. The van der Waals surface area contributed by atoms with E-state index < -0.39 is 11.5 Å². The Kier molecular flexibility index (Phi) is 8.97. The zero-order valence-corrected chi connectivity index (χ0v) is 13.0. The summed E-state index contributed by atoms with van der Waals surface area (Å²) in [6.45, 7) is 8.62. The molecule has 5 heteroatoms. The van der Waals surface area contributed by atoms with Crippen molar-refractivity contribution < 1.29 is 14.6 Å². The van der Waals surface area contributed by atoms with Crippen molar-refractivity contribution in [2.45, 2.75) is 51.6 Å². The summed E-state index contributed by atoms with van der Waals surface area (Å²) in [5, 5.41) is 12.1. The molecule has 0 saturated heterocycles. The minimum Gasteiger partial charge on any atom is -0.480 e. The van der Waals surface area contributed by atoms with Crippen molar-refractivity contribution in [3.8, 4) is 0 Å². The van der Waals surface area contributed by atoms with Crippen LogP contribution in [0.4, 0.5) is 0 Å². The van der Waals surface area contributed by atoms with Crippen molar-refractivity contribution in [3.63, 3.8) is 0 Å². The fraction of sp³-hybridized carbons (Fsp3) is 0.929. The molecular weight excluding hydrogens is 244 g/mol. The largest absolute Gasteiger partial charge is 0.480 e. The molecule has 0 heterocycles. The maximum absolute atomic E-state index is 11.2. The number of aliphatic carboxylic acids is 1. The van der Waals surface area contributed by atoms with Gasteiger partial charge in [-0.2, -0.15) is 0 Å². The number of carboxylic acid groups (broad SMARTS) is 1. The molecule has 5 nitrogen and oxygen atoms in total. The Morgan fingerprint density at radius 3 is 2.53 bits per heavy atom. The van der Waals surface area contributed by atoms with Gasteiger partial charge >= 0.3 is 5.97 Å². The third-order valence-electron chi connectivity index (χ3n) is 3.94. The van der Waals surface area contributed by atoms with Crippen LogP contribution in [0.25, 0.3) is 0 Å². The Bertz CT molecular complexity index is 261. The van der Waals surface area contributed by atoms with E-state index in [0.717, 1.165) is 25.9 Å². The highest BCUT2D eigenvalue weighted by Gasteiger charge is 2.30. The first-order valence-electron chi connectivity index (χ1n) is 7.06. The van der Waals surface area contributed by atoms with E-state index in [1.54, 1.807) is 21.1 Å². The van der Waals surface area contributed by atoms with Crippen LogP contribution in [0, 0.1) is 0 Å². The van der Waals surface area contributed by atoms with Gasteiger partial charge in [-0.15, -0.1) is 0 Å². The molecule has 0 aromatic heterocycles. The number of hydrogen-bond acceptors (Lipinski definition) is 4. The Morgan fingerprint density at radius 2 is 2.11 bits per heavy atom. The normalized spacial score (nSPS) is 16.3. The van der Waals surface area contributed by atoms with E-state index in [1.165, 1.54) is 0 Å². The minimum absolute atomic E-state index is 0.501. The van der Waals surface area contributed by atoms with Crippen molar-refractivity contribution in [2.24, 2.45) is 0 Å². The van der Waals surface area contributed by atoms with E-state index in [4.69, 9.17) is 4.74 Å². The number of methoxy groups -OCH3 is 1. The monoisotopic (exact) mass is 274 g/mol. The molecule has 114 valence electrons. The topological polar surface area (TPSA) is 61.8 Å². The van der Waals surface area contributed by atoms with Crippen LogP contribution in [-0.4, -0.2) is 61.4 Å². The average Bonchev–Trinajstić information content (AvgIpc) is 2.41. The molecule has 0 aliphatic heterocycles. The second-order valence-corrected chi connectivity index (χ2v) is 5.28. The van der Waals surface area contributed by atoms with Gasteiger partial charge in [-0.05, 0) is 46.7 Å². The second-order valence-electron chi connectivity index (χ2n) is 5.28. The van der Waals surface area contributed by atoms with Gasteiger partial charge in [-0.3, -0.25) is 9.69 Å². The lowest BCUT2D eigenvalue weighted by atomic mass is 9.96. The summed E-state index contributed by atoms with van der Waals surface area (Å²) in [6, 6.07) is 0.501. The number of hydrogen-bond donors (Lipinski definition) is 2. The summed E-state index contributed by atoms with van der Waals surface area (Å²) in [4.78, 5) is 13.6. The van der Waals surface area contributed by atoms with Crippen LogP contribution in [0.3, 0.4) is 0 Å². The van der Waals surface area contributed by atoms with E-state index in [1.807, 2.05) is 0 Å². The van der Waals surface area contributed by atoms with Crippen LogP contribution >= 0.6 is 0 Å². The van der Waals surface area contributed by atoms with Crippen molar-refractivity contribution in [1.29, 1.82) is 0 Å². The van der Waals surface area contributed by atoms with Gasteiger partial charge in [0.1, 0.15) is 5.54 Å². The minimum atomic E-state index is -0.831. The van der Waals surface area contributed by atoms with Gasteiger partial charge in [0.2, 0.25) is 0 Å². The molecular formula is C14H30N2O3. The van der Waals surface area contributed by atoms with Crippen LogP contribution in [0.2, 0.25) is 0 Å². The predicted octanol–water partition coefficient (Wildman–Crippen LogP) is 1.58. The van der Waals surface area contributed by atoms with Crippen LogP contribution in [0.15, 0.2) is 0 Å². The maximum Gasteiger partial charge on any atom is 0.323 e. The molecule has 2 unspecified atom stereocenters. The molecule has 0 aromatic rings. The number of likely N-dealkylation sites (N-methyl/N-ethyl adjacent to an activating group) is 1. The Labute approximate surface area is 117 Å². The van der Waals surface area contributed by atoms with Gasteiger partial charge < -0.3 is 15.2 Å². The number of nitrogens with zero attached hydrogens (tertiary/aromatic N) is 1. The number of nitrogens with one attached hydrogen (secondary N) is 1.